The van der Waals surface area contributed by atoms with Gasteiger partial charge in [0.25, 0.3) is 11.6 Å². The van der Waals surface area contributed by atoms with E-state index in [4.69, 9.17) is 0 Å². The molecule has 2 aliphatic rings. The van der Waals surface area contributed by atoms with Crippen molar-refractivity contribution in [1.82, 2.24) is 16.2 Å². The van der Waals surface area contributed by atoms with E-state index >= 15 is 0 Å². The zero-order valence-electron chi connectivity index (χ0n) is 16.3. The smallest absolute Gasteiger partial charge is 0.269 e. The maximum Gasteiger partial charge on any atom is 0.269 e. The number of carbonyl (C=O) groups excluding carboxylic acids is 4. The summed E-state index contributed by atoms with van der Waals surface area (Å²) < 4.78 is 0. The van der Waals surface area contributed by atoms with E-state index < -0.39 is 44.8 Å². The van der Waals surface area contributed by atoms with Crippen molar-refractivity contribution in [2.45, 2.75) is 40.0 Å². The monoisotopic (exact) mass is 402 g/mol. The van der Waals surface area contributed by atoms with Crippen LogP contribution in [-0.2, 0) is 14.4 Å². The van der Waals surface area contributed by atoms with E-state index in [1.807, 2.05) is 0 Å². The van der Waals surface area contributed by atoms with Crippen LogP contribution in [0.15, 0.2) is 24.3 Å². The van der Waals surface area contributed by atoms with Gasteiger partial charge in [0.2, 0.25) is 17.7 Å². The number of non-ortho nitro benzene ring substituents is 1. The summed E-state index contributed by atoms with van der Waals surface area (Å²) in [7, 11) is 0. The average Bonchev–Trinajstić information content (AvgIpc) is 2.63. The molecule has 2 unspecified atom stereocenters. The third-order valence-electron chi connectivity index (χ3n) is 5.84. The van der Waals surface area contributed by atoms with Crippen LogP contribution in [0.2, 0.25) is 0 Å². The topological polar surface area (TPSA) is 148 Å². The van der Waals surface area contributed by atoms with Gasteiger partial charge in [-0.1, -0.05) is 20.8 Å². The van der Waals surface area contributed by atoms with Crippen molar-refractivity contribution in [2.24, 2.45) is 16.2 Å². The lowest BCUT2D eigenvalue weighted by molar-refractivity contribution is -0.384. The van der Waals surface area contributed by atoms with Crippen LogP contribution >= 0.6 is 0 Å². The number of nitro groups is 1. The highest BCUT2D eigenvalue weighted by Gasteiger charge is 2.60. The molecule has 1 saturated carbocycles. The number of hydrogen-bond acceptors (Lipinski definition) is 6. The van der Waals surface area contributed by atoms with Crippen LogP contribution < -0.4 is 16.2 Å². The van der Waals surface area contributed by atoms with Crippen LogP contribution in [0.25, 0.3) is 0 Å². The van der Waals surface area contributed by atoms with Gasteiger partial charge in [0, 0.05) is 28.5 Å². The molecule has 3 rings (SSSR count). The van der Waals surface area contributed by atoms with Gasteiger partial charge in [-0.3, -0.25) is 45.5 Å². The number of piperidine rings is 1. The molecule has 29 heavy (non-hydrogen) atoms. The zero-order valence-corrected chi connectivity index (χ0v) is 16.3. The highest BCUT2D eigenvalue weighted by molar-refractivity contribution is 6.04. The fraction of sp³-hybridized carbons (Fsp3) is 0.474. The molecule has 1 saturated heterocycles. The lowest BCUT2D eigenvalue weighted by Gasteiger charge is -2.53. The Bertz CT molecular complexity index is 899. The summed E-state index contributed by atoms with van der Waals surface area (Å²) in [5.74, 6) is -1.94. The fourth-order valence-corrected chi connectivity index (χ4v) is 4.73. The molecule has 0 radical (unpaired) electrons. The summed E-state index contributed by atoms with van der Waals surface area (Å²) in [6.07, 6.45) is 0.824. The molecule has 1 aromatic carbocycles. The Kier molecular flexibility index (Phi) is 4.68. The molecular weight excluding hydrogens is 380 g/mol. The predicted octanol–water partition coefficient (Wildman–Crippen LogP) is 1.21. The molecule has 10 heteroatoms. The highest BCUT2D eigenvalue weighted by atomic mass is 16.6. The molecule has 4 amide bonds. The first-order valence-corrected chi connectivity index (χ1v) is 9.10. The van der Waals surface area contributed by atoms with Gasteiger partial charge in [-0.15, -0.1) is 0 Å². The molecule has 1 heterocycles. The van der Waals surface area contributed by atoms with Gasteiger partial charge in [-0.2, -0.15) is 0 Å². The van der Waals surface area contributed by atoms with Crippen molar-refractivity contribution in [3.8, 4) is 0 Å². The Balaban J connectivity index is 1.71. The number of nitrogens with one attached hydrogen (secondary N) is 3. The van der Waals surface area contributed by atoms with Crippen LogP contribution in [0.3, 0.4) is 0 Å². The molecule has 0 aromatic heterocycles. The van der Waals surface area contributed by atoms with E-state index in [2.05, 4.69) is 16.2 Å². The maximum absolute atomic E-state index is 12.9. The largest absolute Gasteiger partial charge is 0.296 e. The summed E-state index contributed by atoms with van der Waals surface area (Å²) >= 11 is 0. The quantitative estimate of drug-likeness (QED) is 0.393. The summed E-state index contributed by atoms with van der Waals surface area (Å²) in [5, 5.41) is 13.1. The Hall–Kier alpha value is -3.30. The number of benzene rings is 1. The molecule has 1 aliphatic heterocycles. The zero-order chi connectivity index (χ0) is 21.6. The van der Waals surface area contributed by atoms with Crippen LogP contribution in [-0.4, -0.2) is 28.6 Å². The second kappa shape index (κ2) is 6.64. The van der Waals surface area contributed by atoms with Crippen molar-refractivity contribution >= 4 is 29.3 Å². The summed E-state index contributed by atoms with van der Waals surface area (Å²) in [6, 6.07) is 4.92. The second-order valence-corrected chi connectivity index (χ2v) is 8.71. The van der Waals surface area contributed by atoms with Gasteiger partial charge in [-0.25, -0.2) is 0 Å². The number of hydrogen-bond donors (Lipinski definition) is 3. The van der Waals surface area contributed by atoms with E-state index in [9.17, 15) is 29.3 Å². The van der Waals surface area contributed by atoms with Crippen molar-refractivity contribution in [3.63, 3.8) is 0 Å². The molecule has 2 atom stereocenters. The van der Waals surface area contributed by atoms with Crippen molar-refractivity contribution in [3.05, 3.63) is 39.9 Å². The van der Waals surface area contributed by atoms with Gasteiger partial charge in [0.15, 0.2) is 0 Å². The third kappa shape index (κ3) is 3.57. The molecule has 1 aromatic rings. The average molecular weight is 402 g/mol. The standard InChI is InChI=1S/C19H22N4O6/c1-17-8-18(2,15(26)20-14(17)25)10-19(3,9-17)16(27)22-21-13(24)11-4-6-12(7-5-11)23(28)29/h4-7H,8-10H2,1-3H3,(H,21,24)(H,22,27)(H,20,25,26). The molecule has 154 valence electrons. The second-order valence-electron chi connectivity index (χ2n) is 8.71. The van der Waals surface area contributed by atoms with Crippen LogP contribution in [0.5, 0.6) is 0 Å². The number of fused-ring (bicyclic) bond motifs is 2. The predicted molar refractivity (Wildman–Crippen MR) is 100 cm³/mol. The fourth-order valence-electron chi connectivity index (χ4n) is 4.73. The lowest BCUT2D eigenvalue weighted by Crippen LogP contribution is -2.64. The number of rotatable bonds is 3. The lowest BCUT2D eigenvalue weighted by atomic mass is 9.52. The van der Waals surface area contributed by atoms with E-state index in [0.717, 1.165) is 0 Å². The molecular formula is C19H22N4O6. The summed E-state index contributed by atoms with van der Waals surface area (Å²) in [5.41, 5.74) is 1.86. The molecule has 2 bridgehead atoms. The van der Waals surface area contributed by atoms with Crippen LogP contribution in [0, 0.1) is 26.4 Å². The summed E-state index contributed by atoms with van der Waals surface area (Å²) in [4.78, 5) is 59.9. The summed E-state index contributed by atoms with van der Waals surface area (Å²) in [6.45, 7) is 5.13. The first-order chi connectivity index (χ1) is 13.4. The number of hydrazine groups is 1. The van der Waals surface area contributed by atoms with Gasteiger partial charge in [0.1, 0.15) is 0 Å². The van der Waals surface area contributed by atoms with Crippen molar-refractivity contribution in [2.75, 3.05) is 0 Å². The maximum atomic E-state index is 12.9. The minimum Gasteiger partial charge on any atom is -0.296 e. The first kappa shape index (κ1) is 20.4. The van der Waals surface area contributed by atoms with Gasteiger partial charge in [0.05, 0.1) is 10.3 Å². The van der Waals surface area contributed by atoms with E-state index in [-0.39, 0.29) is 24.1 Å². The Labute approximate surface area is 166 Å². The van der Waals surface area contributed by atoms with Crippen LogP contribution in [0.4, 0.5) is 5.69 Å². The van der Waals surface area contributed by atoms with Gasteiger partial charge in [-0.05, 0) is 31.4 Å². The minimum absolute atomic E-state index is 0.134. The van der Waals surface area contributed by atoms with E-state index in [1.54, 1.807) is 20.8 Å². The highest BCUT2D eigenvalue weighted by Crippen LogP contribution is 2.56. The Morgan fingerprint density at radius 3 is 1.97 bits per heavy atom. The molecule has 1 aliphatic carbocycles. The first-order valence-electron chi connectivity index (χ1n) is 9.10. The van der Waals surface area contributed by atoms with Gasteiger partial charge < -0.3 is 0 Å². The minimum atomic E-state index is -1.04. The third-order valence-corrected chi connectivity index (χ3v) is 5.84. The van der Waals surface area contributed by atoms with Gasteiger partial charge >= 0.3 is 0 Å². The Morgan fingerprint density at radius 1 is 0.966 bits per heavy atom. The van der Waals surface area contributed by atoms with E-state index in [0.29, 0.717) is 6.42 Å². The number of imide groups is 1. The molecule has 0 spiro atoms. The number of carbonyl (C=O) groups is 4. The number of amides is 4. The molecule has 2 fully saturated rings. The number of nitro benzene ring substituents is 1. The van der Waals surface area contributed by atoms with Crippen molar-refractivity contribution in [1.29, 1.82) is 0 Å². The SMILES string of the molecule is CC1(C(=O)NNC(=O)c2ccc([N+](=O)[O-])cc2)CC2(C)CC(C)(C1)C(=O)NC2=O. The molecule has 3 N–H and O–H groups in total. The van der Waals surface area contributed by atoms with E-state index in [1.165, 1.54) is 24.3 Å². The number of nitrogens with zero attached hydrogens (tertiary/aromatic N) is 1. The van der Waals surface area contributed by atoms with Crippen molar-refractivity contribution < 1.29 is 24.1 Å². The van der Waals surface area contributed by atoms with Crippen LogP contribution in [0.1, 0.15) is 50.4 Å². The Morgan fingerprint density at radius 2 is 1.48 bits per heavy atom. The molecule has 10 nitrogen and oxygen atoms in total. The normalized spacial score (nSPS) is 30.9.